The molecule has 14 heavy (non-hydrogen) atoms. The van der Waals surface area contributed by atoms with E-state index in [-0.39, 0.29) is 5.69 Å². The van der Waals surface area contributed by atoms with E-state index in [0.717, 1.165) is 10.9 Å². The Labute approximate surface area is 85.3 Å². The Morgan fingerprint density at radius 1 is 1.50 bits per heavy atom. The molecule has 0 amide bonds. The quantitative estimate of drug-likeness (QED) is 0.759. The average Bonchev–Trinajstić information content (AvgIpc) is 2.56. The number of fused-ring (bicyclic) bond motifs is 1. The molecule has 0 bridgehead atoms. The number of hydrogen-bond donors (Lipinski definition) is 2. The number of aromatic carboxylic acids is 1. The van der Waals surface area contributed by atoms with E-state index in [4.69, 9.17) is 16.7 Å². The molecule has 0 aliphatic rings. The molecule has 0 spiro atoms. The maximum absolute atomic E-state index is 10.7. The fourth-order valence-corrected chi connectivity index (χ4v) is 1.60. The lowest BCUT2D eigenvalue weighted by atomic mass is 10.2. The zero-order valence-electron chi connectivity index (χ0n) is 7.47. The van der Waals surface area contributed by atoms with Gasteiger partial charge in [-0.05, 0) is 18.6 Å². The van der Waals surface area contributed by atoms with Gasteiger partial charge in [0, 0.05) is 5.39 Å². The molecular formula is C10H8ClNO2. The van der Waals surface area contributed by atoms with Crippen LogP contribution in [0.4, 0.5) is 0 Å². The van der Waals surface area contributed by atoms with E-state index in [1.807, 2.05) is 19.1 Å². The van der Waals surface area contributed by atoms with Crippen molar-refractivity contribution in [2.75, 3.05) is 0 Å². The van der Waals surface area contributed by atoms with Crippen LogP contribution < -0.4 is 0 Å². The van der Waals surface area contributed by atoms with E-state index < -0.39 is 5.97 Å². The van der Waals surface area contributed by atoms with Crippen LogP contribution in [-0.2, 0) is 0 Å². The van der Waals surface area contributed by atoms with Crippen molar-refractivity contribution in [3.63, 3.8) is 0 Å². The third-order valence-electron chi connectivity index (χ3n) is 2.16. The van der Waals surface area contributed by atoms with Gasteiger partial charge in [-0.2, -0.15) is 0 Å². The minimum atomic E-state index is -0.977. The zero-order chi connectivity index (χ0) is 10.3. The minimum Gasteiger partial charge on any atom is -0.477 e. The first-order chi connectivity index (χ1) is 6.59. The van der Waals surface area contributed by atoms with E-state index >= 15 is 0 Å². The van der Waals surface area contributed by atoms with Crippen molar-refractivity contribution in [3.8, 4) is 0 Å². The summed E-state index contributed by atoms with van der Waals surface area (Å²) in [6.45, 7) is 1.88. The molecule has 4 heteroatoms. The van der Waals surface area contributed by atoms with Crippen LogP contribution >= 0.6 is 11.6 Å². The summed E-state index contributed by atoms with van der Waals surface area (Å²) in [5.41, 5.74) is 1.77. The molecular weight excluding hydrogens is 202 g/mol. The van der Waals surface area contributed by atoms with Gasteiger partial charge in [0.1, 0.15) is 5.69 Å². The maximum atomic E-state index is 10.7. The highest BCUT2D eigenvalue weighted by molar-refractivity contribution is 6.36. The Balaban J connectivity index is 2.77. The summed E-state index contributed by atoms with van der Waals surface area (Å²) in [6.07, 6.45) is 0. The molecule has 1 heterocycles. The summed E-state index contributed by atoms with van der Waals surface area (Å²) in [5.74, 6) is -0.977. The number of hydrogen-bond acceptors (Lipinski definition) is 1. The van der Waals surface area contributed by atoms with Crippen molar-refractivity contribution in [2.45, 2.75) is 6.92 Å². The van der Waals surface area contributed by atoms with Crippen molar-refractivity contribution in [3.05, 3.63) is 34.5 Å². The summed E-state index contributed by atoms with van der Waals surface area (Å²) < 4.78 is 0. The lowest BCUT2D eigenvalue weighted by molar-refractivity contribution is 0.0691. The maximum Gasteiger partial charge on any atom is 0.352 e. The number of rotatable bonds is 1. The van der Waals surface area contributed by atoms with Crippen molar-refractivity contribution in [1.29, 1.82) is 0 Å². The molecule has 0 atom stereocenters. The van der Waals surface area contributed by atoms with Crippen LogP contribution in [0.25, 0.3) is 10.9 Å². The zero-order valence-corrected chi connectivity index (χ0v) is 8.22. The predicted molar refractivity (Wildman–Crippen MR) is 55.0 cm³/mol. The summed E-state index contributed by atoms with van der Waals surface area (Å²) in [6, 6.07) is 5.28. The summed E-state index contributed by atoms with van der Waals surface area (Å²) >= 11 is 6.02. The first-order valence-corrected chi connectivity index (χ1v) is 4.48. The SMILES string of the molecule is Cc1ccc2cc(C(=O)O)[nH]c2c1Cl. The molecule has 0 aliphatic carbocycles. The van der Waals surface area contributed by atoms with E-state index in [1.165, 1.54) is 0 Å². The number of aromatic amines is 1. The van der Waals surface area contributed by atoms with Gasteiger partial charge in [-0.15, -0.1) is 0 Å². The van der Waals surface area contributed by atoms with Crippen LogP contribution in [0, 0.1) is 6.92 Å². The number of halogens is 1. The number of aromatic nitrogens is 1. The highest BCUT2D eigenvalue weighted by Gasteiger charge is 2.10. The van der Waals surface area contributed by atoms with Gasteiger partial charge in [0.2, 0.25) is 0 Å². The lowest BCUT2D eigenvalue weighted by Crippen LogP contribution is -1.94. The highest BCUT2D eigenvalue weighted by Crippen LogP contribution is 2.26. The standard InChI is InChI=1S/C10H8ClNO2/c1-5-2-3-6-4-7(10(13)14)12-9(6)8(5)11/h2-4,12H,1H3,(H,13,14). The number of aryl methyl sites for hydroxylation is 1. The van der Waals surface area contributed by atoms with Crippen LogP contribution in [0.1, 0.15) is 16.1 Å². The van der Waals surface area contributed by atoms with Crippen LogP contribution in [0.3, 0.4) is 0 Å². The number of carboxylic acids is 1. The Morgan fingerprint density at radius 2 is 2.21 bits per heavy atom. The molecule has 0 aliphatic heterocycles. The highest BCUT2D eigenvalue weighted by atomic mass is 35.5. The number of H-pyrrole nitrogens is 1. The molecule has 2 N–H and O–H groups in total. The van der Waals surface area contributed by atoms with Crippen molar-refractivity contribution >= 4 is 28.5 Å². The second-order valence-electron chi connectivity index (χ2n) is 3.15. The first-order valence-electron chi connectivity index (χ1n) is 4.10. The second kappa shape index (κ2) is 3.03. The molecule has 2 aromatic rings. The molecule has 0 radical (unpaired) electrons. The van der Waals surface area contributed by atoms with Gasteiger partial charge in [0.05, 0.1) is 10.5 Å². The van der Waals surface area contributed by atoms with E-state index in [0.29, 0.717) is 10.5 Å². The van der Waals surface area contributed by atoms with E-state index in [2.05, 4.69) is 4.98 Å². The fraction of sp³-hybridized carbons (Fsp3) is 0.100. The van der Waals surface area contributed by atoms with Crippen LogP contribution in [0.15, 0.2) is 18.2 Å². The fourth-order valence-electron chi connectivity index (χ4n) is 1.38. The summed E-state index contributed by atoms with van der Waals surface area (Å²) in [5, 5.41) is 10.2. The molecule has 72 valence electrons. The van der Waals surface area contributed by atoms with Crippen LogP contribution in [-0.4, -0.2) is 16.1 Å². The van der Waals surface area contributed by atoms with Gasteiger partial charge in [-0.3, -0.25) is 0 Å². The molecule has 0 unspecified atom stereocenters. The third kappa shape index (κ3) is 1.26. The number of carboxylic acid groups (broad SMARTS) is 1. The Morgan fingerprint density at radius 3 is 2.86 bits per heavy atom. The van der Waals surface area contributed by atoms with E-state index in [1.54, 1.807) is 6.07 Å². The largest absolute Gasteiger partial charge is 0.477 e. The summed E-state index contributed by atoms with van der Waals surface area (Å²) in [7, 11) is 0. The van der Waals surface area contributed by atoms with Crippen molar-refractivity contribution < 1.29 is 9.90 Å². The van der Waals surface area contributed by atoms with Gasteiger partial charge in [0.25, 0.3) is 0 Å². The topological polar surface area (TPSA) is 53.1 Å². The molecule has 0 saturated carbocycles. The first kappa shape index (κ1) is 9.09. The van der Waals surface area contributed by atoms with Gasteiger partial charge in [0.15, 0.2) is 0 Å². The number of nitrogens with one attached hydrogen (secondary N) is 1. The monoisotopic (exact) mass is 209 g/mol. The van der Waals surface area contributed by atoms with Crippen molar-refractivity contribution in [2.24, 2.45) is 0 Å². The van der Waals surface area contributed by atoms with Gasteiger partial charge in [-0.25, -0.2) is 4.79 Å². The molecule has 1 aromatic heterocycles. The Bertz CT molecular complexity index is 516. The van der Waals surface area contributed by atoms with E-state index in [9.17, 15) is 4.79 Å². The predicted octanol–water partition coefficient (Wildman–Crippen LogP) is 2.83. The van der Waals surface area contributed by atoms with Gasteiger partial charge in [-0.1, -0.05) is 23.7 Å². The summed E-state index contributed by atoms with van der Waals surface area (Å²) in [4.78, 5) is 13.5. The Hall–Kier alpha value is -1.48. The molecule has 1 aromatic carbocycles. The second-order valence-corrected chi connectivity index (χ2v) is 3.53. The molecule has 3 nitrogen and oxygen atoms in total. The lowest BCUT2D eigenvalue weighted by Gasteiger charge is -1.97. The normalized spacial score (nSPS) is 10.7. The average molecular weight is 210 g/mol. The molecule has 0 fully saturated rings. The number of carbonyl (C=O) groups is 1. The third-order valence-corrected chi connectivity index (χ3v) is 2.64. The minimum absolute atomic E-state index is 0.160. The van der Waals surface area contributed by atoms with Gasteiger partial charge >= 0.3 is 5.97 Å². The van der Waals surface area contributed by atoms with Crippen molar-refractivity contribution in [1.82, 2.24) is 4.98 Å². The van der Waals surface area contributed by atoms with Gasteiger partial charge < -0.3 is 10.1 Å². The Kier molecular flexibility index (Phi) is 1.97. The van der Waals surface area contributed by atoms with Crippen LogP contribution in [0.5, 0.6) is 0 Å². The number of benzene rings is 1. The molecule has 0 saturated heterocycles. The molecule has 2 rings (SSSR count). The van der Waals surface area contributed by atoms with Crippen LogP contribution in [0.2, 0.25) is 5.02 Å². The smallest absolute Gasteiger partial charge is 0.352 e.